The fourth-order valence-corrected chi connectivity index (χ4v) is 2.17. The number of ether oxygens (including phenoxy) is 1. The Morgan fingerprint density at radius 2 is 1.38 bits per heavy atom. The Hall–Kier alpha value is -1.64. The van der Waals surface area contributed by atoms with Crippen molar-refractivity contribution in [2.75, 3.05) is 6.54 Å². The molecule has 0 aliphatic carbocycles. The van der Waals surface area contributed by atoms with Gasteiger partial charge in [0.25, 0.3) is 0 Å². The maximum absolute atomic E-state index is 5.75. The van der Waals surface area contributed by atoms with Crippen LogP contribution in [-0.2, 0) is 24.4 Å². The van der Waals surface area contributed by atoms with E-state index in [0.29, 0.717) is 19.3 Å². The van der Waals surface area contributed by atoms with Gasteiger partial charge < -0.3 is 10.1 Å². The van der Waals surface area contributed by atoms with Crippen LogP contribution in [0.1, 0.15) is 30.5 Å². The van der Waals surface area contributed by atoms with Crippen LogP contribution < -0.4 is 5.32 Å². The van der Waals surface area contributed by atoms with Crippen LogP contribution in [0.5, 0.6) is 0 Å². The minimum absolute atomic E-state index is 0.552. The summed E-state index contributed by atoms with van der Waals surface area (Å²) in [6, 6.07) is 19.6. The zero-order valence-corrected chi connectivity index (χ0v) is 13.0. The highest BCUT2D eigenvalue weighted by atomic mass is 16.5. The Kier molecular flexibility index (Phi) is 6.45. The molecule has 0 radical (unpaired) electrons. The van der Waals surface area contributed by atoms with E-state index in [4.69, 9.17) is 4.74 Å². The fourth-order valence-electron chi connectivity index (χ4n) is 2.17. The van der Waals surface area contributed by atoms with Gasteiger partial charge in [-0.05, 0) is 29.7 Å². The molecule has 2 heteroatoms. The molecule has 112 valence electrons. The van der Waals surface area contributed by atoms with Gasteiger partial charge in [0.1, 0.15) is 0 Å². The van der Waals surface area contributed by atoms with Gasteiger partial charge in [0, 0.05) is 6.04 Å². The van der Waals surface area contributed by atoms with E-state index in [0.717, 1.165) is 13.0 Å². The van der Waals surface area contributed by atoms with Gasteiger partial charge in [-0.3, -0.25) is 0 Å². The van der Waals surface area contributed by atoms with Gasteiger partial charge in [0.2, 0.25) is 0 Å². The lowest BCUT2D eigenvalue weighted by molar-refractivity contribution is 0.107. The second-order valence-corrected chi connectivity index (χ2v) is 5.65. The number of nitrogens with one attached hydrogen (secondary N) is 1. The van der Waals surface area contributed by atoms with E-state index in [1.807, 2.05) is 18.2 Å². The molecule has 2 rings (SSSR count). The standard InChI is InChI=1S/C19H25NO/c1-16(2)20-13-12-17-8-10-19(11-9-17)15-21-14-18-6-4-3-5-7-18/h3-11,16,20H,12-15H2,1-2H3. The van der Waals surface area contributed by atoms with Gasteiger partial charge in [-0.2, -0.15) is 0 Å². The summed E-state index contributed by atoms with van der Waals surface area (Å²) in [7, 11) is 0. The largest absolute Gasteiger partial charge is 0.372 e. The molecule has 2 aromatic rings. The molecule has 0 fully saturated rings. The van der Waals surface area contributed by atoms with E-state index in [-0.39, 0.29) is 0 Å². The average molecular weight is 283 g/mol. The zero-order valence-electron chi connectivity index (χ0n) is 13.0. The molecule has 2 aromatic carbocycles. The van der Waals surface area contributed by atoms with E-state index in [1.54, 1.807) is 0 Å². The van der Waals surface area contributed by atoms with E-state index in [1.165, 1.54) is 16.7 Å². The molecule has 0 aliphatic rings. The van der Waals surface area contributed by atoms with Crippen LogP contribution in [0.15, 0.2) is 54.6 Å². The molecule has 1 N–H and O–H groups in total. The van der Waals surface area contributed by atoms with Crippen LogP contribution >= 0.6 is 0 Å². The lowest BCUT2D eigenvalue weighted by Gasteiger charge is -2.09. The first-order valence-electron chi connectivity index (χ1n) is 7.67. The van der Waals surface area contributed by atoms with Crippen molar-refractivity contribution < 1.29 is 4.74 Å². The Bertz CT molecular complexity index is 505. The zero-order chi connectivity index (χ0) is 14.9. The summed E-state index contributed by atoms with van der Waals surface area (Å²) in [4.78, 5) is 0. The normalized spacial score (nSPS) is 11.0. The predicted molar refractivity (Wildman–Crippen MR) is 88.2 cm³/mol. The molecule has 0 atom stereocenters. The third-order valence-corrected chi connectivity index (χ3v) is 3.37. The van der Waals surface area contributed by atoms with Crippen molar-refractivity contribution in [1.82, 2.24) is 5.32 Å². The number of hydrogen-bond donors (Lipinski definition) is 1. The SMILES string of the molecule is CC(C)NCCc1ccc(COCc2ccccc2)cc1. The van der Waals surface area contributed by atoms with Crippen LogP contribution in [0.25, 0.3) is 0 Å². The van der Waals surface area contributed by atoms with Crippen molar-refractivity contribution in [3.05, 3.63) is 71.3 Å². The van der Waals surface area contributed by atoms with Crippen molar-refractivity contribution in [2.24, 2.45) is 0 Å². The van der Waals surface area contributed by atoms with Gasteiger partial charge in [0.15, 0.2) is 0 Å². The number of hydrogen-bond acceptors (Lipinski definition) is 2. The number of benzene rings is 2. The molecule has 0 aliphatic heterocycles. The van der Waals surface area contributed by atoms with Crippen molar-refractivity contribution in [3.8, 4) is 0 Å². The van der Waals surface area contributed by atoms with Gasteiger partial charge >= 0.3 is 0 Å². The molecule has 0 spiro atoms. The predicted octanol–water partition coefficient (Wildman–Crippen LogP) is 3.94. The summed E-state index contributed by atoms with van der Waals surface area (Å²) in [5, 5.41) is 3.44. The minimum atomic E-state index is 0.552. The van der Waals surface area contributed by atoms with E-state index in [2.05, 4.69) is 55.6 Å². The van der Waals surface area contributed by atoms with Crippen LogP contribution in [-0.4, -0.2) is 12.6 Å². The molecule has 0 saturated heterocycles. The van der Waals surface area contributed by atoms with Gasteiger partial charge in [-0.25, -0.2) is 0 Å². The van der Waals surface area contributed by atoms with Gasteiger partial charge in [0.05, 0.1) is 13.2 Å². The van der Waals surface area contributed by atoms with Crippen LogP contribution in [0.2, 0.25) is 0 Å². The van der Waals surface area contributed by atoms with Crippen molar-refractivity contribution in [1.29, 1.82) is 0 Å². The van der Waals surface area contributed by atoms with Crippen LogP contribution in [0.3, 0.4) is 0 Å². The summed E-state index contributed by atoms with van der Waals surface area (Å²) >= 11 is 0. The van der Waals surface area contributed by atoms with Crippen molar-refractivity contribution in [3.63, 3.8) is 0 Å². The monoisotopic (exact) mass is 283 g/mol. The molecule has 0 heterocycles. The first kappa shape index (κ1) is 15.7. The molecule has 0 saturated carbocycles. The fraction of sp³-hybridized carbons (Fsp3) is 0.368. The summed E-state index contributed by atoms with van der Waals surface area (Å²) < 4.78 is 5.75. The third-order valence-electron chi connectivity index (χ3n) is 3.37. The lowest BCUT2D eigenvalue weighted by Crippen LogP contribution is -2.24. The second kappa shape index (κ2) is 8.60. The molecular weight excluding hydrogens is 258 g/mol. The van der Waals surface area contributed by atoms with E-state index in [9.17, 15) is 0 Å². The highest BCUT2D eigenvalue weighted by molar-refractivity contribution is 5.22. The van der Waals surface area contributed by atoms with Crippen LogP contribution in [0, 0.1) is 0 Å². The molecule has 2 nitrogen and oxygen atoms in total. The Morgan fingerprint density at radius 3 is 2.00 bits per heavy atom. The maximum Gasteiger partial charge on any atom is 0.0721 e. The second-order valence-electron chi connectivity index (χ2n) is 5.65. The van der Waals surface area contributed by atoms with Crippen molar-refractivity contribution in [2.45, 2.75) is 39.5 Å². The van der Waals surface area contributed by atoms with E-state index >= 15 is 0 Å². The summed E-state index contributed by atoms with van der Waals surface area (Å²) in [6.45, 7) is 6.71. The Morgan fingerprint density at radius 1 is 0.810 bits per heavy atom. The number of rotatable bonds is 8. The average Bonchev–Trinajstić information content (AvgIpc) is 2.50. The summed E-state index contributed by atoms with van der Waals surface area (Å²) in [5.41, 5.74) is 3.82. The third kappa shape index (κ3) is 6.11. The maximum atomic E-state index is 5.75. The van der Waals surface area contributed by atoms with Gasteiger partial charge in [-0.15, -0.1) is 0 Å². The summed E-state index contributed by atoms with van der Waals surface area (Å²) in [6.07, 6.45) is 1.07. The van der Waals surface area contributed by atoms with E-state index < -0.39 is 0 Å². The first-order chi connectivity index (χ1) is 10.2. The molecule has 0 amide bonds. The Balaban J connectivity index is 1.72. The Labute approximate surface area is 128 Å². The highest BCUT2D eigenvalue weighted by Gasteiger charge is 1.98. The molecule has 21 heavy (non-hydrogen) atoms. The molecule has 0 unspecified atom stereocenters. The summed E-state index contributed by atoms with van der Waals surface area (Å²) in [5.74, 6) is 0. The first-order valence-corrected chi connectivity index (χ1v) is 7.67. The van der Waals surface area contributed by atoms with Crippen LogP contribution in [0.4, 0.5) is 0 Å². The van der Waals surface area contributed by atoms with Gasteiger partial charge in [-0.1, -0.05) is 68.4 Å². The highest BCUT2D eigenvalue weighted by Crippen LogP contribution is 2.08. The molecule has 0 aromatic heterocycles. The molecule has 0 bridgehead atoms. The molecular formula is C19H25NO. The smallest absolute Gasteiger partial charge is 0.0721 e. The minimum Gasteiger partial charge on any atom is -0.372 e. The van der Waals surface area contributed by atoms with Crippen molar-refractivity contribution >= 4 is 0 Å². The quantitative estimate of drug-likeness (QED) is 0.792. The lowest BCUT2D eigenvalue weighted by atomic mass is 10.1. The topological polar surface area (TPSA) is 21.3 Å².